The van der Waals surface area contributed by atoms with Gasteiger partial charge in [-0.05, 0) is 48.6 Å². The number of aromatic hydroxyl groups is 1. The van der Waals surface area contributed by atoms with Gasteiger partial charge in [0.05, 0.1) is 5.69 Å². The summed E-state index contributed by atoms with van der Waals surface area (Å²) in [5.41, 5.74) is 1.68. The minimum Gasteiger partial charge on any atom is -0.507 e. The Morgan fingerprint density at radius 2 is 1.87 bits per heavy atom. The van der Waals surface area contributed by atoms with Crippen molar-refractivity contribution < 1.29 is 9.90 Å². The van der Waals surface area contributed by atoms with Crippen LogP contribution in [0.5, 0.6) is 5.75 Å². The van der Waals surface area contributed by atoms with Crippen molar-refractivity contribution in [3.63, 3.8) is 0 Å². The third kappa shape index (κ3) is 2.87. The highest BCUT2D eigenvalue weighted by molar-refractivity contribution is 9.10. The number of phenolic OH excluding ortho intramolecular Hbond substituents is 1. The highest BCUT2D eigenvalue weighted by atomic mass is 79.9. The number of carbonyl (C=O) groups excluding carboxylic acids is 1. The van der Waals surface area contributed by atoms with Gasteiger partial charge in [0.25, 0.3) is 5.91 Å². The van der Waals surface area contributed by atoms with Crippen LogP contribution in [0.1, 0.15) is 5.56 Å². The largest absolute Gasteiger partial charge is 0.507 e. The third-order valence-electron chi connectivity index (χ3n) is 3.56. The highest BCUT2D eigenvalue weighted by Crippen LogP contribution is 2.30. The fourth-order valence-corrected chi connectivity index (χ4v) is 3.01. The fourth-order valence-electron chi connectivity index (χ4n) is 2.35. The van der Waals surface area contributed by atoms with Gasteiger partial charge in [-0.2, -0.15) is 0 Å². The van der Waals surface area contributed by atoms with Gasteiger partial charge in [-0.25, -0.2) is 0 Å². The second-order valence-corrected chi connectivity index (χ2v) is 6.33. The van der Waals surface area contributed by atoms with Crippen LogP contribution in [-0.4, -0.2) is 28.1 Å². The molecule has 4 nitrogen and oxygen atoms in total. The van der Waals surface area contributed by atoms with E-state index in [1.807, 2.05) is 30.3 Å². The van der Waals surface area contributed by atoms with Crippen molar-refractivity contribution in [3.05, 3.63) is 64.3 Å². The molecule has 1 aliphatic heterocycles. The summed E-state index contributed by atoms with van der Waals surface area (Å²) >= 11 is 8.75. The number of likely N-dealkylation sites (N-methyl/N-ethyl adjacent to an activating group) is 1. The van der Waals surface area contributed by atoms with E-state index in [9.17, 15) is 9.90 Å². The molecule has 0 atom stereocenters. The number of phenols is 1. The van der Waals surface area contributed by atoms with Gasteiger partial charge in [-0.15, -0.1) is 0 Å². The predicted octanol–water partition coefficient (Wildman–Crippen LogP) is 3.76. The van der Waals surface area contributed by atoms with Crippen LogP contribution in [0, 0.1) is 0 Å². The Bertz CT molecular complexity index is 821. The van der Waals surface area contributed by atoms with E-state index in [4.69, 9.17) is 12.2 Å². The van der Waals surface area contributed by atoms with E-state index in [2.05, 4.69) is 15.9 Å². The van der Waals surface area contributed by atoms with Gasteiger partial charge < -0.3 is 10.0 Å². The molecular formula is C17H13BrN2O2S. The van der Waals surface area contributed by atoms with Crippen molar-refractivity contribution in [1.29, 1.82) is 0 Å². The third-order valence-corrected chi connectivity index (χ3v) is 4.51. The van der Waals surface area contributed by atoms with E-state index in [1.54, 1.807) is 36.2 Å². The minimum absolute atomic E-state index is 0.103. The maximum atomic E-state index is 12.8. The first-order chi connectivity index (χ1) is 11.0. The number of para-hydroxylation sites is 1. The molecule has 1 fully saturated rings. The number of nitrogens with zero attached hydrogens (tertiary/aromatic N) is 2. The van der Waals surface area contributed by atoms with E-state index >= 15 is 0 Å². The van der Waals surface area contributed by atoms with Crippen LogP contribution in [0.3, 0.4) is 0 Å². The Hall–Kier alpha value is -2.18. The van der Waals surface area contributed by atoms with E-state index in [0.29, 0.717) is 16.4 Å². The lowest BCUT2D eigenvalue weighted by Crippen LogP contribution is -2.30. The Labute approximate surface area is 147 Å². The molecule has 3 rings (SSSR count). The Balaban J connectivity index is 2.04. The highest BCUT2D eigenvalue weighted by Gasteiger charge is 2.36. The lowest BCUT2D eigenvalue weighted by atomic mass is 10.1. The van der Waals surface area contributed by atoms with E-state index in [-0.39, 0.29) is 11.7 Å². The molecule has 6 heteroatoms. The van der Waals surface area contributed by atoms with E-state index in [1.165, 1.54) is 4.90 Å². The van der Waals surface area contributed by atoms with Gasteiger partial charge in [0, 0.05) is 17.1 Å². The number of hydrogen-bond donors (Lipinski definition) is 1. The topological polar surface area (TPSA) is 43.8 Å². The molecular weight excluding hydrogens is 376 g/mol. The van der Waals surface area contributed by atoms with Crippen LogP contribution < -0.4 is 4.90 Å². The number of carbonyl (C=O) groups is 1. The molecule has 1 amide bonds. The second-order valence-electron chi connectivity index (χ2n) is 5.05. The number of thiocarbonyl (C=S) groups is 1. The maximum absolute atomic E-state index is 12.8. The van der Waals surface area contributed by atoms with Crippen molar-refractivity contribution in [3.8, 4) is 5.75 Å². The zero-order valence-electron chi connectivity index (χ0n) is 12.2. The van der Waals surface area contributed by atoms with Gasteiger partial charge in [0.15, 0.2) is 5.11 Å². The van der Waals surface area contributed by atoms with Crippen LogP contribution in [0.4, 0.5) is 5.69 Å². The number of amides is 1. The number of rotatable bonds is 2. The van der Waals surface area contributed by atoms with Crippen molar-refractivity contribution in [2.24, 2.45) is 0 Å². The molecule has 0 bridgehead atoms. The monoisotopic (exact) mass is 388 g/mol. The maximum Gasteiger partial charge on any atom is 0.281 e. The molecule has 1 saturated heterocycles. The summed E-state index contributed by atoms with van der Waals surface area (Å²) < 4.78 is 0.817. The summed E-state index contributed by atoms with van der Waals surface area (Å²) in [5, 5.41) is 10.4. The first-order valence-electron chi connectivity index (χ1n) is 6.86. The zero-order valence-corrected chi connectivity index (χ0v) is 14.6. The molecule has 0 aliphatic carbocycles. The number of hydrogen-bond acceptors (Lipinski definition) is 3. The molecule has 1 aliphatic rings. The Kier molecular flexibility index (Phi) is 4.19. The van der Waals surface area contributed by atoms with Crippen molar-refractivity contribution in [2.75, 3.05) is 11.9 Å². The quantitative estimate of drug-likeness (QED) is 0.628. The van der Waals surface area contributed by atoms with Crippen LogP contribution in [0.15, 0.2) is 58.7 Å². The fraction of sp³-hybridized carbons (Fsp3) is 0.0588. The summed E-state index contributed by atoms with van der Waals surface area (Å²) in [6, 6.07) is 14.3. The average Bonchev–Trinajstić information content (AvgIpc) is 2.75. The minimum atomic E-state index is -0.219. The van der Waals surface area contributed by atoms with Gasteiger partial charge in [-0.3, -0.25) is 9.69 Å². The summed E-state index contributed by atoms with van der Waals surface area (Å²) in [6.45, 7) is 0. The lowest BCUT2D eigenvalue weighted by Gasteiger charge is -2.16. The molecule has 0 saturated carbocycles. The van der Waals surface area contributed by atoms with Crippen molar-refractivity contribution in [1.82, 2.24) is 4.90 Å². The zero-order chi connectivity index (χ0) is 16.6. The molecule has 116 valence electrons. The molecule has 0 spiro atoms. The van der Waals surface area contributed by atoms with Gasteiger partial charge in [0.1, 0.15) is 11.4 Å². The van der Waals surface area contributed by atoms with Gasteiger partial charge in [0.2, 0.25) is 0 Å². The Morgan fingerprint density at radius 1 is 1.17 bits per heavy atom. The van der Waals surface area contributed by atoms with Crippen molar-refractivity contribution in [2.45, 2.75) is 0 Å². The normalized spacial score (nSPS) is 16.5. The summed E-state index contributed by atoms with van der Waals surface area (Å²) in [4.78, 5) is 15.9. The lowest BCUT2D eigenvalue weighted by molar-refractivity contribution is -0.114. The van der Waals surface area contributed by atoms with Crippen LogP contribution in [-0.2, 0) is 4.79 Å². The second kappa shape index (κ2) is 6.14. The molecule has 2 aromatic carbocycles. The molecule has 1 heterocycles. The Morgan fingerprint density at radius 3 is 2.57 bits per heavy atom. The van der Waals surface area contributed by atoms with E-state index in [0.717, 1.165) is 10.2 Å². The summed E-state index contributed by atoms with van der Waals surface area (Å²) in [6.07, 6.45) is 1.64. The standard InChI is InChI=1S/C17H13BrN2O2S/c1-19-14(10-11-9-12(18)7-8-15(11)21)16(22)20(17(19)23)13-5-3-2-4-6-13/h2-10,21H,1H3. The smallest absolute Gasteiger partial charge is 0.281 e. The molecule has 2 aromatic rings. The number of halogens is 1. The van der Waals surface area contributed by atoms with Crippen LogP contribution >= 0.6 is 28.1 Å². The summed E-state index contributed by atoms with van der Waals surface area (Å²) in [7, 11) is 1.74. The van der Waals surface area contributed by atoms with Crippen LogP contribution in [0.25, 0.3) is 6.08 Å². The van der Waals surface area contributed by atoms with E-state index < -0.39 is 0 Å². The SMILES string of the molecule is CN1C(=S)N(c2ccccc2)C(=O)C1=Cc1cc(Br)ccc1O. The molecule has 0 aromatic heterocycles. The molecule has 1 N–H and O–H groups in total. The molecule has 0 radical (unpaired) electrons. The first-order valence-corrected chi connectivity index (χ1v) is 8.06. The van der Waals surface area contributed by atoms with Crippen molar-refractivity contribution >= 4 is 50.9 Å². The van der Waals surface area contributed by atoms with Crippen LogP contribution in [0.2, 0.25) is 0 Å². The number of anilines is 1. The summed E-state index contributed by atoms with van der Waals surface area (Å²) in [5.74, 6) is -0.117. The van der Waals surface area contributed by atoms with Gasteiger partial charge >= 0.3 is 0 Å². The molecule has 0 unspecified atom stereocenters. The number of benzene rings is 2. The first kappa shape index (κ1) is 15.7. The molecule has 23 heavy (non-hydrogen) atoms. The predicted molar refractivity (Wildman–Crippen MR) is 98.1 cm³/mol. The average molecular weight is 389 g/mol. The van der Waals surface area contributed by atoms with Gasteiger partial charge in [-0.1, -0.05) is 34.1 Å².